The number of fused-ring (bicyclic) bond motifs is 1. The lowest BCUT2D eigenvalue weighted by molar-refractivity contribution is -0.119. The van der Waals surface area contributed by atoms with Crippen molar-refractivity contribution in [3.63, 3.8) is 0 Å². The fraction of sp³-hybridized carbons (Fsp3) is 0.292. The molecule has 6 heteroatoms. The number of hydrogen-bond acceptors (Lipinski definition) is 4. The number of ether oxygens (including phenoxy) is 1. The Morgan fingerprint density at radius 3 is 2.67 bits per heavy atom. The zero-order valence-corrected chi connectivity index (χ0v) is 16.8. The predicted octanol–water partition coefficient (Wildman–Crippen LogP) is 4.88. The fourth-order valence-electron chi connectivity index (χ4n) is 3.79. The lowest BCUT2D eigenvalue weighted by Crippen LogP contribution is -2.17. The third-order valence-electron chi connectivity index (χ3n) is 5.69. The molecule has 0 aliphatic heterocycles. The molecule has 0 spiro atoms. The molecular formula is C24H23FN2O3. The molecule has 0 unspecified atom stereocenters. The SMILES string of the molecule is Cc1cc2nccc(Oc3ccc(CC(=O)CC4CCC4)c(F)c3)c2cc1C(N)=O. The summed E-state index contributed by atoms with van der Waals surface area (Å²) in [5.74, 6) is 0.276. The first-order valence-electron chi connectivity index (χ1n) is 10.1. The van der Waals surface area contributed by atoms with E-state index in [1.54, 1.807) is 43.5 Å². The molecular weight excluding hydrogens is 383 g/mol. The fourth-order valence-corrected chi connectivity index (χ4v) is 3.79. The molecule has 2 N–H and O–H groups in total. The third-order valence-corrected chi connectivity index (χ3v) is 5.69. The van der Waals surface area contributed by atoms with Gasteiger partial charge in [-0.05, 0) is 48.2 Å². The molecule has 154 valence electrons. The van der Waals surface area contributed by atoms with Crippen molar-refractivity contribution in [2.24, 2.45) is 11.7 Å². The van der Waals surface area contributed by atoms with Crippen molar-refractivity contribution in [2.45, 2.75) is 39.0 Å². The van der Waals surface area contributed by atoms with E-state index in [1.807, 2.05) is 0 Å². The standard InChI is InChI=1S/C24H23FN2O3/c1-14-9-22-20(13-19(14)24(26)29)23(7-8-27-22)30-18-6-5-16(21(25)12-18)11-17(28)10-15-3-2-4-15/h5-9,12-13,15H,2-4,10-11H2,1H3,(H2,26,29). The van der Waals surface area contributed by atoms with Crippen LogP contribution in [0.15, 0.2) is 42.6 Å². The van der Waals surface area contributed by atoms with Gasteiger partial charge in [-0.3, -0.25) is 14.6 Å². The van der Waals surface area contributed by atoms with Crippen molar-refractivity contribution in [3.8, 4) is 11.5 Å². The van der Waals surface area contributed by atoms with Crippen LogP contribution in [-0.4, -0.2) is 16.7 Å². The van der Waals surface area contributed by atoms with E-state index in [0.29, 0.717) is 45.9 Å². The minimum absolute atomic E-state index is 0.0711. The van der Waals surface area contributed by atoms with Gasteiger partial charge in [0.1, 0.15) is 23.1 Å². The maximum absolute atomic E-state index is 14.6. The molecule has 1 amide bonds. The molecule has 1 aliphatic carbocycles. The van der Waals surface area contributed by atoms with Gasteiger partial charge in [0.2, 0.25) is 5.91 Å². The van der Waals surface area contributed by atoms with Crippen LogP contribution < -0.4 is 10.5 Å². The summed E-state index contributed by atoms with van der Waals surface area (Å²) in [4.78, 5) is 28.1. The summed E-state index contributed by atoms with van der Waals surface area (Å²) >= 11 is 0. The summed E-state index contributed by atoms with van der Waals surface area (Å²) in [6.07, 6.45) is 5.59. The molecule has 1 saturated carbocycles. The molecule has 5 nitrogen and oxygen atoms in total. The molecule has 0 atom stereocenters. The average Bonchev–Trinajstić information content (AvgIpc) is 2.66. The van der Waals surface area contributed by atoms with E-state index in [-0.39, 0.29) is 12.2 Å². The van der Waals surface area contributed by atoms with Crippen LogP contribution in [0.25, 0.3) is 10.9 Å². The number of rotatable bonds is 7. The molecule has 0 saturated heterocycles. The topological polar surface area (TPSA) is 82.3 Å². The van der Waals surface area contributed by atoms with Gasteiger partial charge in [-0.25, -0.2) is 4.39 Å². The molecule has 4 rings (SSSR count). The highest BCUT2D eigenvalue weighted by Crippen LogP contribution is 2.32. The highest BCUT2D eigenvalue weighted by molar-refractivity contribution is 5.99. The normalized spacial score (nSPS) is 13.8. The number of benzene rings is 2. The number of aryl methyl sites for hydroxylation is 1. The van der Waals surface area contributed by atoms with E-state index >= 15 is 0 Å². The predicted molar refractivity (Wildman–Crippen MR) is 112 cm³/mol. The highest BCUT2D eigenvalue weighted by atomic mass is 19.1. The van der Waals surface area contributed by atoms with Gasteiger partial charge in [0.25, 0.3) is 0 Å². The van der Waals surface area contributed by atoms with Crippen LogP contribution in [0, 0.1) is 18.7 Å². The second-order valence-corrected chi connectivity index (χ2v) is 7.93. The van der Waals surface area contributed by atoms with Crippen LogP contribution in [0.2, 0.25) is 0 Å². The Hall–Kier alpha value is -3.28. The van der Waals surface area contributed by atoms with Gasteiger partial charge in [0.05, 0.1) is 5.52 Å². The number of pyridine rings is 1. The van der Waals surface area contributed by atoms with E-state index < -0.39 is 11.7 Å². The monoisotopic (exact) mass is 406 g/mol. The van der Waals surface area contributed by atoms with Gasteiger partial charge in [0.15, 0.2) is 0 Å². The lowest BCUT2D eigenvalue weighted by atomic mass is 9.81. The van der Waals surface area contributed by atoms with E-state index in [9.17, 15) is 14.0 Å². The number of carbonyl (C=O) groups is 2. The Morgan fingerprint density at radius 1 is 1.20 bits per heavy atom. The van der Waals surface area contributed by atoms with E-state index in [4.69, 9.17) is 10.5 Å². The van der Waals surface area contributed by atoms with E-state index in [0.717, 1.165) is 18.4 Å². The Balaban J connectivity index is 1.56. The number of nitrogens with zero attached hydrogens (tertiary/aromatic N) is 1. The minimum atomic E-state index is -0.536. The number of nitrogens with two attached hydrogens (primary N) is 1. The third kappa shape index (κ3) is 4.17. The first kappa shape index (κ1) is 20.0. The minimum Gasteiger partial charge on any atom is -0.456 e. The molecule has 1 fully saturated rings. The first-order chi connectivity index (χ1) is 14.4. The molecule has 3 aromatic rings. The largest absolute Gasteiger partial charge is 0.456 e. The quantitative estimate of drug-likeness (QED) is 0.606. The van der Waals surface area contributed by atoms with Crippen LogP contribution in [0.1, 0.15) is 47.2 Å². The van der Waals surface area contributed by atoms with Gasteiger partial charge in [0, 0.05) is 36.1 Å². The lowest BCUT2D eigenvalue weighted by Gasteiger charge is -2.24. The Kier molecular flexibility index (Phi) is 5.48. The van der Waals surface area contributed by atoms with Crippen molar-refractivity contribution in [1.29, 1.82) is 0 Å². The summed E-state index contributed by atoms with van der Waals surface area (Å²) in [6.45, 7) is 1.79. The summed E-state index contributed by atoms with van der Waals surface area (Å²) in [5.41, 5.74) is 7.57. The summed E-state index contributed by atoms with van der Waals surface area (Å²) in [7, 11) is 0. The number of carbonyl (C=O) groups excluding carboxylic acids is 2. The van der Waals surface area contributed by atoms with Crippen LogP contribution >= 0.6 is 0 Å². The number of Topliss-reactive ketones (excluding diaryl/α,β-unsaturated/α-hetero) is 1. The summed E-state index contributed by atoms with van der Waals surface area (Å²) in [5, 5.41) is 0.608. The van der Waals surface area contributed by atoms with Crippen LogP contribution in [-0.2, 0) is 11.2 Å². The van der Waals surface area contributed by atoms with Crippen LogP contribution in [0.4, 0.5) is 4.39 Å². The van der Waals surface area contributed by atoms with Gasteiger partial charge in [-0.2, -0.15) is 0 Å². The second-order valence-electron chi connectivity index (χ2n) is 7.93. The Labute approximate surface area is 174 Å². The van der Waals surface area contributed by atoms with Crippen molar-refractivity contribution < 1.29 is 18.7 Å². The molecule has 30 heavy (non-hydrogen) atoms. The van der Waals surface area contributed by atoms with Crippen molar-refractivity contribution in [1.82, 2.24) is 4.98 Å². The zero-order chi connectivity index (χ0) is 21.3. The molecule has 0 radical (unpaired) electrons. The average molecular weight is 406 g/mol. The number of hydrogen-bond donors (Lipinski definition) is 1. The maximum Gasteiger partial charge on any atom is 0.248 e. The van der Waals surface area contributed by atoms with Gasteiger partial charge in [-0.15, -0.1) is 0 Å². The number of halogens is 1. The highest BCUT2D eigenvalue weighted by Gasteiger charge is 2.21. The van der Waals surface area contributed by atoms with Crippen molar-refractivity contribution in [3.05, 3.63) is 65.1 Å². The summed E-state index contributed by atoms with van der Waals surface area (Å²) < 4.78 is 20.5. The van der Waals surface area contributed by atoms with Gasteiger partial charge >= 0.3 is 0 Å². The van der Waals surface area contributed by atoms with E-state index in [2.05, 4.69) is 4.98 Å². The van der Waals surface area contributed by atoms with Gasteiger partial charge < -0.3 is 10.5 Å². The van der Waals surface area contributed by atoms with Crippen molar-refractivity contribution >= 4 is 22.6 Å². The number of aromatic nitrogens is 1. The molecule has 2 aromatic carbocycles. The van der Waals surface area contributed by atoms with E-state index in [1.165, 1.54) is 12.5 Å². The Bertz CT molecular complexity index is 1140. The molecule has 1 aromatic heterocycles. The number of ketones is 1. The molecule has 1 heterocycles. The van der Waals surface area contributed by atoms with Crippen LogP contribution in [0.5, 0.6) is 11.5 Å². The summed E-state index contributed by atoms with van der Waals surface area (Å²) in [6, 6.07) is 9.56. The molecule has 0 bridgehead atoms. The Morgan fingerprint density at radius 2 is 2.00 bits per heavy atom. The van der Waals surface area contributed by atoms with Gasteiger partial charge in [-0.1, -0.05) is 25.3 Å². The smallest absolute Gasteiger partial charge is 0.248 e. The van der Waals surface area contributed by atoms with Crippen molar-refractivity contribution in [2.75, 3.05) is 0 Å². The number of amides is 1. The first-order valence-corrected chi connectivity index (χ1v) is 10.1. The zero-order valence-electron chi connectivity index (χ0n) is 16.8. The number of primary amides is 1. The van der Waals surface area contributed by atoms with Crippen LogP contribution in [0.3, 0.4) is 0 Å². The maximum atomic E-state index is 14.6. The molecule has 1 aliphatic rings. The second kappa shape index (κ2) is 8.22.